The largest absolute Gasteiger partial charge is 0.374 e. The third kappa shape index (κ3) is 3.89. The number of rotatable bonds is 9. The van der Waals surface area contributed by atoms with Crippen molar-refractivity contribution in [3.63, 3.8) is 0 Å². The van der Waals surface area contributed by atoms with Gasteiger partial charge < -0.3 is 24.4 Å². The molecule has 116 valence electrons. The van der Waals surface area contributed by atoms with Gasteiger partial charge in [0.2, 0.25) is 0 Å². The van der Waals surface area contributed by atoms with Gasteiger partial charge in [-0.05, 0) is 13.8 Å². The van der Waals surface area contributed by atoms with Gasteiger partial charge in [-0.2, -0.15) is 0 Å². The molecule has 1 heterocycles. The molecule has 0 aliphatic rings. The molecule has 0 radical (unpaired) electrons. The summed E-state index contributed by atoms with van der Waals surface area (Å²) in [6, 6.07) is 0. The summed E-state index contributed by atoms with van der Waals surface area (Å²) in [6.45, 7) is 4.24. The third-order valence-electron chi connectivity index (χ3n) is 3.09. The first-order chi connectivity index (χ1) is 9.58. The quantitative estimate of drug-likeness (QED) is 0.675. The van der Waals surface area contributed by atoms with Crippen LogP contribution in [0, 0.1) is 0 Å². The minimum absolute atomic E-state index is 0.198. The SMILES string of the molecule is COC(CNn1c([C@H](C)OC)nnc1[C@H](C)OC)OC. The summed E-state index contributed by atoms with van der Waals surface area (Å²) < 4.78 is 22.6. The van der Waals surface area contributed by atoms with Gasteiger partial charge in [-0.3, -0.25) is 0 Å². The standard InChI is InChI=1S/C12H24N4O4/c1-8(17-3)11-14-15-12(9(2)18-4)16(11)13-7-10(19-5)20-6/h8-10,13H,7H2,1-6H3/t8-,9-/m0/s1. The summed E-state index contributed by atoms with van der Waals surface area (Å²) >= 11 is 0. The van der Waals surface area contributed by atoms with E-state index in [4.69, 9.17) is 18.9 Å². The molecule has 20 heavy (non-hydrogen) atoms. The van der Waals surface area contributed by atoms with Crippen molar-refractivity contribution in [3.05, 3.63) is 11.6 Å². The lowest BCUT2D eigenvalue weighted by atomic mass is 10.3. The van der Waals surface area contributed by atoms with Gasteiger partial charge in [0, 0.05) is 28.4 Å². The number of hydrogen-bond acceptors (Lipinski definition) is 7. The molecule has 1 N–H and O–H groups in total. The second kappa shape index (κ2) is 8.15. The average molecular weight is 288 g/mol. The van der Waals surface area contributed by atoms with E-state index in [-0.39, 0.29) is 18.5 Å². The highest BCUT2D eigenvalue weighted by Gasteiger charge is 2.22. The molecule has 8 nitrogen and oxygen atoms in total. The van der Waals surface area contributed by atoms with Gasteiger partial charge >= 0.3 is 0 Å². The van der Waals surface area contributed by atoms with Crippen molar-refractivity contribution in [2.45, 2.75) is 32.3 Å². The first kappa shape index (κ1) is 16.8. The van der Waals surface area contributed by atoms with E-state index in [0.29, 0.717) is 18.2 Å². The van der Waals surface area contributed by atoms with Gasteiger partial charge in [-0.15, -0.1) is 10.2 Å². The monoisotopic (exact) mass is 288 g/mol. The summed E-state index contributed by atoms with van der Waals surface area (Å²) in [7, 11) is 6.41. The van der Waals surface area contributed by atoms with E-state index in [0.717, 1.165) is 0 Å². The van der Waals surface area contributed by atoms with E-state index in [2.05, 4.69) is 15.6 Å². The smallest absolute Gasteiger partial charge is 0.180 e. The molecule has 0 spiro atoms. The predicted octanol–water partition coefficient (Wildman–Crippen LogP) is 0.855. The van der Waals surface area contributed by atoms with Crippen molar-refractivity contribution in [3.8, 4) is 0 Å². The number of nitrogens with one attached hydrogen (secondary N) is 1. The highest BCUT2D eigenvalue weighted by Crippen LogP contribution is 2.19. The Labute approximate surface area is 119 Å². The van der Waals surface area contributed by atoms with Crippen LogP contribution in [0.1, 0.15) is 37.7 Å². The Morgan fingerprint density at radius 3 is 1.70 bits per heavy atom. The Morgan fingerprint density at radius 1 is 0.900 bits per heavy atom. The molecule has 0 amide bonds. The predicted molar refractivity (Wildman–Crippen MR) is 72.9 cm³/mol. The summed E-state index contributed by atoms with van der Waals surface area (Å²) in [4.78, 5) is 0. The summed E-state index contributed by atoms with van der Waals surface area (Å²) in [5.41, 5.74) is 3.18. The molecule has 1 aromatic heterocycles. The van der Waals surface area contributed by atoms with E-state index in [9.17, 15) is 0 Å². The van der Waals surface area contributed by atoms with E-state index >= 15 is 0 Å². The van der Waals surface area contributed by atoms with E-state index in [1.807, 2.05) is 13.8 Å². The van der Waals surface area contributed by atoms with Gasteiger partial charge in [0.25, 0.3) is 0 Å². The second-order valence-corrected chi connectivity index (χ2v) is 4.27. The van der Waals surface area contributed by atoms with Crippen LogP contribution in [0.25, 0.3) is 0 Å². The number of ether oxygens (including phenoxy) is 4. The molecule has 1 rings (SSSR count). The van der Waals surface area contributed by atoms with Crippen LogP contribution in [0.3, 0.4) is 0 Å². The zero-order valence-corrected chi connectivity index (χ0v) is 12.9. The van der Waals surface area contributed by atoms with Crippen molar-refractivity contribution in [2.75, 3.05) is 40.4 Å². The molecule has 0 saturated carbocycles. The average Bonchev–Trinajstić information content (AvgIpc) is 2.90. The fourth-order valence-electron chi connectivity index (χ4n) is 1.64. The maximum Gasteiger partial charge on any atom is 0.180 e. The minimum Gasteiger partial charge on any atom is -0.374 e. The third-order valence-corrected chi connectivity index (χ3v) is 3.09. The van der Waals surface area contributed by atoms with Gasteiger partial charge in [0.1, 0.15) is 12.2 Å². The first-order valence-corrected chi connectivity index (χ1v) is 6.39. The van der Waals surface area contributed by atoms with Crippen LogP contribution in [0.2, 0.25) is 0 Å². The molecule has 2 atom stereocenters. The number of nitrogens with zero attached hydrogens (tertiary/aromatic N) is 3. The lowest BCUT2D eigenvalue weighted by Gasteiger charge is -2.20. The molecule has 8 heteroatoms. The highest BCUT2D eigenvalue weighted by molar-refractivity contribution is 5.04. The van der Waals surface area contributed by atoms with Crippen LogP contribution >= 0.6 is 0 Å². The van der Waals surface area contributed by atoms with Gasteiger partial charge in [0.05, 0.1) is 6.54 Å². The Balaban J connectivity index is 2.95. The fourth-order valence-corrected chi connectivity index (χ4v) is 1.64. The molecule has 1 aromatic rings. The zero-order valence-electron chi connectivity index (χ0n) is 12.9. The molecule has 0 aliphatic carbocycles. The summed E-state index contributed by atoms with van der Waals surface area (Å²) in [5, 5.41) is 8.30. The van der Waals surface area contributed by atoms with Crippen molar-refractivity contribution < 1.29 is 18.9 Å². The first-order valence-electron chi connectivity index (χ1n) is 6.39. The minimum atomic E-state index is -0.367. The Hall–Kier alpha value is -1.22. The van der Waals surface area contributed by atoms with E-state index in [1.165, 1.54) is 0 Å². The van der Waals surface area contributed by atoms with E-state index in [1.54, 1.807) is 33.1 Å². The maximum atomic E-state index is 5.30. The number of aromatic nitrogens is 3. The molecule has 0 aromatic carbocycles. The van der Waals surface area contributed by atoms with Crippen LogP contribution in [0.5, 0.6) is 0 Å². The van der Waals surface area contributed by atoms with Crippen LogP contribution in [-0.2, 0) is 18.9 Å². The van der Waals surface area contributed by atoms with Gasteiger partial charge in [-0.1, -0.05) is 0 Å². The molecular formula is C12H24N4O4. The van der Waals surface area contributed by atoms with Gasteiger partial charge in [-0.25, -0.2) is 4.68 Å². The normalized spacial score (nSPS) is 14.6. The Bertz CT molecular complexity index is 367. The topological polar surface area (TPSA) is 79.7 Å². The van der Waals surface area contributed by atoms with Crippen LogP contribution in [-0.4, -0.2) is 56.1 Å². The molecule has 0 unspecified atom stereocenters. The molecule has 0 saturated heterocycles. The summed E-state index contributed by atoms with van der Waals surface area (Å²) in [5.74, 6) is 1.33. The fraction of sp³-hybridized carbons (Fsp3) is 0.833. The lowest BCUT2D eigenvalue weighted by Crippen LogP contribution is -2.32. The summed E-state index contributed by atoms with van der Waals surface area (Å²) in [6.07, 6.45) is -0.763. The number of hydrogen-bond donors (Lipinski definition) is 1. The molecular weight excluding hydrogens is 264 g/mol. The zero-order chi connectivity index (χ0) is 15.1. The molecule has 0 fully saturated rings. The molecule has 0 bridgehead atoms. The van der Waals surface area contributed by atoms with Gasteiger partial charge in [0.15, 0.2) is 17.9 Å². The van der Waals surface area contributed by atoms with Crippen LogP contribution < -0.4 is 5.43 Å². The Morgan fingerprint density at radius 2 is 1.35 bits per heavy atom. The van der Waals surface area contributed by atoms with E-state index < -0.39 is 0 Å². The van der Waals surface area contributed by atoms with Crippen molar-refractivity contribution >= 4 is 0 Å². The van der Waals surface area contributed by atoms with Crippen molar-refractivity contribution in [1.29, 1.82) is 0 Å². The Kier molecular flexibility index (Phi) is 6.86. The van der Waals surface area contributed by atoms with Crippen LogP contribution in [0.15, 0.2) is 0 Å². The molecule has 0 aliphatic heterocycles. The maximum absolute atomic E-state index is 5.30. The van der Waals surface area contributed by atoms with Crippen LogP contribution in [0.4, 0.5) is 0 Å². The number of methoxy groups -OCH3 is 4. The van der Waals surface area contributed by atoms with Crippen molar-refractivity contribution in [1.82, 2.24) is 14.9 Å². The second-order valence-electron chi connectivity index (χ2n) is 4.27. The van der Waals surface area contributed by atoms with Crippen molar-refractivity contribution in [2.24, 2.45) is 0 Å². The lowest BCUT2D eigenvalue weighted by molar-refractivity contribution is -0.0929. The highest BCUT2D eigenvalue weighted by atomic mass is 16.7.